The minimum Gasteiger partial charge on any atom is -0.479 e. The van der Waals surface area contributed by atoms with Gasteiger partial charge < -0.3 is 15.6 Å². The highest BCUT2D eigenvalue weighted by Gasteiger charge is 2.30. The number of nitrogens with zero attached hydrogens (tertiary/aromatic N) is 1. The van der Waals surface area contributed by atoms with E-state index in [1.165, 1.54) is 4.90 Å². The number of aliphatic hydroxyl groups is 1. The van der Waals surface area contributed by atoms with Gasteiger partial charge in [0.1, 0.15) is 12.5 Å². The number of fused-ring (bicyclic) bond motifs is 1. The molecule has 0 spiro atoms. The molecule has 3 N–H and O–H groups in total. The van der Waals surface area contributed by atoms with Crippen LogP contribution in [0.3, 0.4) is 0 Å². The molecule has 0 aromatic heterocycles. The molecule has 0 bridgehead atoms. The molecule has 0 saturated carbocycles. The minimum atomic E-state index is -0.576. The SMILES string of the molecule is CC1Oc2ccc(N)cc2N(CO)C1=O. The molecule has 2 rings (SSSR count). The molecule has 1 amide bonds. The zero-order chi connectivity index (χ0) is 11.0. The van der Waals surface area contributed by atoms with Gasteiger partial charge in [0.05, 0.1) is 5.69 Å². The summed E-state index contributed by atoms with van der Waals surface area (Å²) in [4.78, 5) is 12.9. The molecule has 80 valence electrons. The number of ether oxygens (including phenoxy) is 1. The van der Waals surface area contributed by atoms with E-state index in [1.54, 1.807) is 25.1 Å². The first kappa shape index (κ1) is 9.79. The zero-order valence-electron chi connectivity index (χ0n) is 8.30. The first-order chi connectivity index (χ1) is 7.13. The lowest BCUT2D eigenvalue weighted by Gasteiger charge is -2.31. The molecule has 5 heteroatoms. The summed E-state index contributed by atoms with van der Waals surface area (Å²) in [5.74, 6) is 0.293. The fourth-order valence-corrected chi connectivity index (χ4v) is 1.57. The van der Waals surface area contributed by atoms with Crippen molar-refractivity contribution in [2.45, 2.75) is 13.0 Å². The van der Waals surface area contributed by atoms with Crippen molar-refractivity contribution >= 4 is 17.3 Å². The van der Waals surface area contributed by atoms with E-state index in [0.717, 1.165) is 0 Å². The molecule has 1 atom stereocenters. The Labute approximate surface area is 87.1 Å². The smallest absolute Gasteiger partial charge is 0.269 e. The fraction of sp³-hybridized carbons (Fsp3) is 0.300. The van der Waals surface area contributed by atoms with Gasteiger partial charge in [-0.15, -0.1) is 0 Å². The molecule has 0 aliphatic carbocycles. The summed E-state index contributed by atoms with van der Waals surface area (Å²) in [5.41, 5.74) is 6.64. The number of anilines is 2. The Morgan fingerprint density at radius 1 is 1.60 bits per heavy atom. The van der Waals surface area contributed by atoms with Gasteiger partial charge in [-0.05, 0) is 25.1 Å². The van der Waals surface area contributed by atoms with Crippen molar-refractivity contribution in [3.63, 3.8) is 0 Å². The molecule has 1 unspecified atom stereocenters. The first-order valence-corrected chi connectivity index (χ1v) is 4.62. The van der Waals surface area contributed by atoms with Gasteiger partial charge in [-0.3, -0.25) is 9.69 Å². The van der Waals surface area contributed by atoms with Crippen LogP contribution >= 0.6 is 0 Å². The van der Waals surface area contributed by atoms with Gasteiger partial charge in [0.15, 0.2) is 6.10 Å². The average Bonchev–Trinajstić information content (AvgIpc) is 2.21. The van der Waals surface area contributed by atoms with Crippen LogP contribution in [-0.2, 0) is 4.79 Å². The van der Waals surface area contributed by atoms with Gasteiger partial charge in [-0.25, -0.2) is 0 Å². The third-order valence-corrected chi connectivity index (χ3v) is 2.33. The molecular formula is C10H12N2O3. The number of benzene rings is 1. The van der Waals surface area contributed by atoms with Crippen molar-refractivity contribution in [1.82, 2.24) is 0 Å². The Bertz CT molecular complexity index is 406. The van der Waals surface area contributed by atoms with Crippen LogP contribution < -0.4 is 15.4 Å². The van der Waals surface area contributed by atoms with Crippen LogP contribution in [-0.4, -0.2) is 23.8 Å². The Kier molecular flexibility index (Phi) is 2.24. The number of nitrogen functional groups attached to an aromatic ring is 1. The van der Waals surface area contributed by atoms with Crippen LogP contribution in [0.25, 0.3) is 0 Å². The second-order valence-corrected chi connectivity index (χ2v) is 3.39. The van der Waals surface area contributed by atoms with Gasteiger partial charge in [-0.2, -0.15) is 0 Å². The first-order valence-electron chi connectivity index (χ1n) is 4.62. The molecule has 1 aliphatic heterocycles. The zero-order valence-corrected chi connectivity index (χ0v) is 8.30. The van der Waals surface area contributed by atoms with Crippen LogP contribution in [0.4, 0.5) is 11.4 Å². The van der Waals surface area contributed by atoms with E-state index < -0.39 is 6.10 Å². The van der Waals surface area contributed by atoms with Crippen molar-refractivity contribution in [2.75, 3.05) is 17.4 Å². The second kappa shape index (κ2) is 3.43. The van der Waals surface area contributed by atoms with Gasteiger partial charge >= 0.3 is 0 Å². The number of hydrogen-bond donors (Lipinski definition) is 2. The Morgan fingerprint density at radius 3 is 3.00 bits per heavy atom. The summed E-state index contributed by atoms with van der Waals surface area (Å²) in [7, 11) is 0. The standard InChI is InChI=1S/C10H12N2O3/c1-6-10(14)12(5-13)8-4-7(11)2-3-9(8)15-6/h2-4,6,13H,5,11H2,1H3. The summed E-state index contributed by atoms with van der Waals surface area (Å²) in [6, 6.07) is 4.99. The molecular weight excluding hydrogens is 196 g/mol. The number of carbonyl (C=O) groups is 1. The molecule has 15 heavy (non-hydrogen) atoms. The lowest BCUT2D eigenvalue weighted by Crippen LogP contribution is -2.44. The summed E-state index contributed by atoms with van der Waals surface area (Å²) in [6.45, 7) is 1.27. The van der Waals surface area contributed by atoms with E-state index in [2.05, 4.69) is 0 Å². The number of amides is 1. The number of nitrogens with two attached hydrogens (primary N) is 1. The van der Waals surface area contributed by atoms with E-state index in [9.17, 15) is 4.79 Å². The highest BCUT2D eigenvalue weighted by Crippen LogP contribution is 2.35. The molecule has 1 aromatic rings. The predicted molar refractivity (Wildman–Crippen MR) is 55.5 cm³/mol. The number of carbonyl (C=O) groups excluding carboxylic acids is 1. The van der Waals surface area contributed by atoms with Crippen molar-refractivity contribution < 1.29 is 14.6 Å². The van der Waals surface area contributed by atoms with Crippen LogP contribution in [0.5, 0.6) is 5.75 Å². The lowest BCUT2D eigenvalue weighted by molar-refractivity contribution is -0.126. The number of rotatable bonds is 1. The van der Waals surface area contributed by atoms with Gasteiger partial charge in [0.25, 0.3) is 5.91 Å². The minimum absolute atomic E-state index is 0.268. The van der Waals surface area contributed by atoms with E-state index in [-0.39, 0.29) is 12.6 Å². The van der Waals surface area contributed by atoms with Crippen LogP contribution in [0.2, 0.25) is 0 Å². The van der Waals surface area contributed by atoms with Crippen molar-refractivity contribution in [2.24, 2.45) is 0 Å². The average molecular weight is 208 g/mol. The monoisotopic (exact) mass is 208 g/mol. The topological polar surface area (TPSA) is 75.8 Å². The highest BCUT2D eigenvalue weighted by molar-refractivity contribution is 6.00. The molecule has 0 radical (unpaired) electrons. The van der Waals surface area contributed by atoms with Gasteiger partial charge in [0.2, 0.25) is 0 Å². The predicted octanol–water partition coefficient (Wildman–Crippen LogP) is 0.332. The number of hydrogen-bond acceptors (Lipinski definition) is 4. The van der Waals surface area contributed by atoms with Crippen LogP contribution in [0, 0.1) is 0 Å². The molecule has 0 saturated heterocycles. The van der Waals surface area contributed by atoms with Crippen LogP contribution in [0.15, 0.2) is 18.2 Å². The lowest BCUT2D eigenvalue weighted by atomic mass is 10.2. The molecule has 5 nitrogen and oxygen atoms in total. The van der Waals surface area contributed by atoms with Gasteiger partial charge in [-0.1, -0.05) is 0 Å². The van der Waals surface area contributed by atoms with Crippen molar-refractivity contribution in [3.8, 4) is 5.75 Å². The maximum Gasteiger partial charge on any atom is 0.269 e. The maximum absolute atomic E-state index is 11.6. The maximum atomic E-state index is 11.6. The fourth-order valence-electron chi connectivity index (χ4n) is 1.57. The van der Waals surface area contributed by atoms with E-state index >= 15 is 0 Å². The van der Waals surface area contributed by atoms with E-state index in [1.807, 2.05) is 0 Å². The molecule has 1 aromatic carbocycles. The van der Waals surface area contributed by atoms with Crippen molar-refractivity contribution in [3.05, 3.63) is 18.2 Å². The number of aliphatic hydroxyl groups excluding tert-OH is 1. The quantitative estimate of drug-likeness (QED) is 0.652. The largest absolute Gasteiger partial charge is 0.479 e. The van der Waals surface area contributed by atoms with E-state index in [4.69, 9.17) is 15.6 Å². The summed E-state index contributed by atoms with van der Waals surface area (Å²) >= 11 is 0. The Balaban J connectivity index is 2.51. The summed E-state index contributed by atoms with van der Waals surface area (Å²) < 4.78 is 5.37. The highest BCUT2D eigenvalue weighted by atomic mass is 16.5. The van der Waals surface area contributed by atoms with Crippen molar-refractivity contribution in [1.29, 1.82) is 0 Å². The Hall–Kier alpha value is -1.75. The third-order valence-electron chi connectivity index (χ3n) is 2.33. The van der Waals surface area contributed by atoms with Gasteiger partial charge in [0, 0.05) is 5.69 Å². The molecule has 1 heterocycles. The molecule has 1 aliphatic rings. The van der Waals surface area contributed by atoms with Crippen LogP contribution in [0.1, 0.15) is 6.92 Å². The third kappa shape index (κ3) is 1.50. The normalized spacial score (nSPS) is 19.7. The summed E-state index contributed by atoms with van der Waals surface area (Å²) in [6.07, 6.45) is -0.576. The second-order valence-electron chi connectivity index (χ2n) is 3.39. The summed E-state index contributed by atoms with van der Waals surface area (Å²) in [5, 5.41) is 9.13. The Morgan fingerprint density at radius 2 is 2.33 bits per heavy atom. The molecule has 0 fully saturated rings. The van der Waals surface area contributed by atoms with E-state index in [0.29, 0.717) is 17.1 Å².